The number of anilines is 1. The lowest BCUT2D eigenvalue weighted by molar-refractivity contribution is 0.592. The van der Waals surface area contributed by atoms with Crippen LogP contribution in [0.1, 0.15) is 17.0 Å². The lowest BCUT2D eigenvalue weighted by Crippen LogP contribution is -2.15. The number of benzene rings is 1. The minimum atomic E-state index is -4.06. The van der Waals surface area contributed by atoms with Gasteiger partial charge in [-0.25, -0.2) is 4.98 Å². The number of hydrogen-bond acceptors (Lipinski definition) is 5. The van der Waals surface area contributed by atoms with E-state index in [0.29, 0.717) is 0 Å². The van der Waals surface area contributed by atoms with Crippen molar-refractivity contribution in [2.45, 2.75) is 25.9 Å². The fourth-order valence-corrected chi connectivity index (χ4v) is 3.70. The third kappa shape index (κ3) is 2.81. The lowest BCUT2D eigenvalue weighted by atomic mass is 10.2. The van der Waals surface area contributed by atoms with Crippen LogP contribution in [0.25, 0.3) is 5.78 Å². The number of hydrogen-bond donors (Lipinski definition) is 1. The first-order valence-corrected chi connectivity index (χ1v) is 9.12. The number of para-hydroxylation sites is 1. The molecule has 0 radical (unpaired) electrons. The summed E-state index contributed by atoms with van der Waals surface area (Å²) < 4.78 is 28.8. The van der Waals surface area contributed by atoms with Crippen LogP contribution in [0.5, 0.6) is 0 Å². The van der Waals surface area contributed by atoms with Crippen LogP contribution in [0, 0.1) is 20.8 Å². The normalized spacial score (nSPS) is 11.9. The number of aromatic nitrogens is 4. The highest BCUT2D eigenvalue weighted by Gasteiger charge is 2.24. The van der Waals surface area contributed by atoms with E-state index in [2.05, 4.69) is 19.8 Å². The van der Waals surface area contributed by atoms with E-state index in [1.807, 2.05) is 20.8 Å². The molecule has 2 heterocycles. The van der Waals surface area contributed by atoms with Gasteiger partial charge < -0.3 is 0 Å². The minimum Gasteiger partial charge on any atom is -0.274 e. The van der Waals surface area contributed by atoms with Gasteiger partial charge in [-0.1, -0.05) is 29.3 Å². The summed E-state index contributed by atoms with van der Waals surface area (Å²) in [4.78, 5) is 8.26. The van der Waals surface area contributed by atoms with Crippen LogP contribution >= 0.6 is 23.2 Å². The monoisotopic (exact) mass is 385 g/mol. The average Bonchev–Trinajstić information content (AvgIpc) is 2.94. The number of rotatable bonds is 3. The average molecular weight is 386 g/mol. The van der Waals surface area contributed by atoms with Gasteiger partial charge in [-0.05, 0) is 38.5 Å². The smallest absolute Gasteiger partial charge is 0.274 e. The Labute approximate surface area is 148 Å². The quantitative estimate of drug-likeness (QED) is 0.747. The molecule has 3 aromatic rings. The molecule has 2 aromatic heterocycles. The molecule has 24 heavy (non-hydrogen) atoms. The van der Waals surface area contributed by atoms with Gasteiger partial charge in [0.25, 0.3) is 21.0 Å². The predicted molar refractivity (Wildman–Crippen MR) is 92.3 cm³/mol. The minimum absolute atomic E-state index is 0.0803. The summed E-state index contributed by atoms with van der Waals surface area (Å²) in [5, 5.41) is 4.00. The van der Waals surface area contributed by atoms with E-state index in [-0.39, 0.29) is 21.5 Å². The Balaban J connectivity index is 2.11. The third-order valence-corrected chi connectivity index (χ3v) is 5.44. The maximum Gasteiger partial charge on any atom is 0.299 e. The second kappa shape index (κ2) is 5.87. The van der Waals surface area contributed by atoms with Gasteiger partial charge in [-0.2, -0.15) is 17.9 Å². The molecule has 0 amide bonds. The SMILES string of the molecule is Cc1nc2nc(S(=O)(=O)Nc3c(Cl)cccc3Cl)nn2c(C)c1C. The summed E-state index contributed by atoms with van der Waals surface area (Å²) in [6, 6.07) is 4.67. The van der Waals surface area contributed by atoms with E-state index in [1.54, 1.807) is 6.07 Å². The molecule has 0 fully saturated rings. The van der Waals surface area contributed by atoms with Crippen molar-refractivity contribution < 1.29 is 8.42 Å². The van der Waals surface area contributed by atoms with E-state index in [1.165, 1.54) is 16.6 Å². The number of sulfonamides is 1. The van der Waals surface area contributed by atoms with E-state index in [4.69, 9.17) is 23.2 Å². The van der Waals surface area contributed by atoms with E-state index >= 15 is 0 Å². The molecular weight excluding hydrogens is 373 g/mol. The van der Waals surface area contributed by atoms with E-state index in [0.717, 1.165) is 17.0 Å². The van der Waals surface area contributed by atoms with Gasteiger partial charge >= 0.3 is 0 Å². The van der Waals surface area contributed by atoms with Crippen LogP contribution in [0.15, 0.2) is 23.4 Å². The molecule has 126 valence electrons. The zero-order valence-electron chi connectivity index (χ0n) is 13.0. The van der Waals surface area contributed by atoms with Gasteiger partial charge in [0.2, 0.25) is 0 Å². The van der Waals surface area contributed by atoms with Crippen LogP contribution < -0.4 is 4.72 Å². The highest BCUT2D eigenvalue weighted by Crippen LogP contribution is 2.31. The molecule has 3 rings (SSSR count). The summed E-state index contributed by atoms with van der Waals surface area (Å²) >= 11 is 12.0. The second-order valence-corrected chi connectivity index (χ2v) is 7.61. The van der Waals surface area contributed by atoms with Crippen molar-refractivity contribution in [1.82, 2.24) is 19.6 Å². The summed E-state index contributed by atoms with van der Waals surface area (Å²) in [6.07, 6.45) is 0. The topological polar surface area (TPSA) is 89.2 Å². The number of aryl methyl sites for hydroxylation is 2. The zero-order chi connectivity index (χ0) is 17.6. The fourth-order valence-electron chi connectivity index (χ4n) is 2.13. The number of halogens is 2. The van der Waals surface area contributed by atoms with E-state index in [9.17, 15) is 8.42 Å². The Morgan fingerprint density at radius 2 is 1.71 bits per heavy atom. The number of fused-ring (bicyclic) bond motifs is 1. The molecule has 10 heteroatoms. The molecule has 1 N–H and O–H groups in total. The maximum atomic E-state index is 12.6. The second-order valence-electron chi connectivity index (χ2n) is 5.22. The zero-order valence-corrected chi connectivity index (χ0v) is 15.3. The molecule has 0 aliphatic carbocycles. The Kier molecular flexibility index (Phi) is 4.15. The van der Waals surface area contributed by atoms with Crippen molar-refractivity contribution in [1.29, 1.82) is 0 Å². The van der Waals surface area contributed by atoms with Crippen LogP contribution in [-0.4, -0.2) is 28.0 Å². The molecular formula is C14H13Cl2N5O2S. The molecule has 0 spiro atoms. The summed E-state index contributed by atoms with van der Waals surface area (Å²) in [5.41, 5.74) is 2.52. The van der Waals surface area contributed by atoms with Gasteiger partial charge in [0, 0.05) is 11.4 Å². The standard InChI is InChI=1S/C14H13Cl2N5O2S/c1-7-8(2)17-13-18-14(19-21(13)9(7)3)24(22,23)20-12-10(15)5-4-6-11(12)16/h4-6,20H,1-3H3. The Morgan fingerprint density at radius 3 is 2.33 bits per heavy atom. The van der Waals surface area contributed by atoms with Gasteiger partial charge in [-0.15, -0.1) is 5.10 Å². The van der Waals surface area contributed by atoms with Gasteiger partial charge in [0.15, 0.2) is 0 Å². The summed E-state index contributed by atoms with van der Waals surface area (Å²) in [6.45, 7) is 5.53. The first-order chi connectivity index (χ1) is 11.2. The highest BCUT2D eigenvalue weighted by molar-refractivity contribution is 7.92. The fraction of sp³-hybridized carbons (Fsp3) is 0.214. The van der Waals surface area contributed by atoms with Crippen molar-refractivity contribution in [2.24, 2.45) is 0 Å². The van der Waals surface area contributed by atoms with Crippen molar-refractivity contribution in [3.8, 4) is 0 Å². The van der Waals surface area contributed by atoms with Crippen LogP contribution in [0.3, 0.4) is 0 Å². The third-order valence-electron chi connectivity index (χ3n) is 3.68. The highest BCUT2D eigenvalue weighted by atomic mass is 35.5. The first kappa shape index (κ1) is 16.9. The Morgan fingerprint density at radius 1 is 1.08 bits per heavy atom. The van der Waals surface area contributed by atoms with Gasteiger partial charge in [-0.3, -0.25) is 4.72 Å². The van der Waals surface area contributed by atoms with E-state index < -0.39 is 15.2 Å². The number of nitrogens with one attached hydrogen (secondary N) is 1. The first-order valence-electron chi connectivity index (χ1n) is 6.88. The Hall–Kier alpha value is -1.90. The molecule has 0 saturated carbocycles. The molecule has 0 bridgehead atoms. The lowest BCUT2D eigenvalue weighted by Gasteiger charge is -2.08. The summed E-state index contributed by atoms with van der Waals surface area (Å²) in [7, 11) is -4.06. The van der Waals surface area contributed by atoms with Gasteiger partial charge in [0.05, 0.1) is 15.7 Å². The predicted octanol–water partition coefficient (Wildman–Crippen LogP) is 3.16. The number of nitrogens with zero attached hydrogens (tertiary/aromatic N) is 4. The molecule has 0 unspecified atom stereocenters. The largest absolute Gasteiger partial charge is 0.299 e. The summed E-state index contributed by atoms with van der Waals surface area (Å²) in [5.74, 6) is 0.209. The molecule has 0 atom stereocenters. The molecule has 0 saturated heterocycles. The maximum absolute atomic E-state index is 12.6. The molecule has 0 aliphatic heterocycles. The van der Waals surface area contributed by atoms with Crippen LogP contribution in [0.2, 0.25) is 10.0 Å². The molecule has 7 nitrogen and oxygen atoms in total. The van der Waals surface area contributed by atoms with Crippen molar-refractivity contribution in [2.75, 3.05) is 4.72 Å². The van der Waals surface area contributed by atoms with Gasteiger partial charge in [0.1, 0.15) is 0 Å². The van der Waals surface area contributed by atoms with Crippen molar-refractivity contribution >= 4 is 44.7 Å². The van der Waals surface area contributed by atoms with Crippen molar-refractivity contribution in [3.63, 3.8) is 0 Å². The Bertz CT molecular complexity index is 1040. The molecule has 0 aliphatic rings. The van der Waals surface area contributed by atoms with Crippen LogP contribution in [-0.2, 0) is 10.0 Å². The van der Waals surface area contributed by atoms with Crippen LogP contribution in [0.4, 0.5) is 5.69 Å². The van der Waals surface area contributed by atoms with Crippen molar-refractivity contribution in [3.05, 3.63) is 45.2 Å². The molecule has 1 aromatic carbocycles.